The third-order valence-electron chi connectivity index (χ3n) is 1.88. The second-order valence-corrected chi connectivity index (χ2v) is 4.94. The van der Waals surface area contributed by atoms with Crippen molar-refractivity contribution in [1.82, 2.24) is 0 Å². The number of benzene rings is 1. The molecule has 0 bridgehead atoms. The number of ether oxygens (including phenoxy) is 2. The zero-order valence-corrected chi connectivity index (χ0v) is 11.7. The Labute approximate surface area is 105 Å². The number of halogens is 1. The van der Waals surface area contributed by atoms with E-state index in [4.69, 9.17) is 9.47 Å². The summed E-state index contributed by atoms with van der Waals surface area (Å²) in [6.45, 7) is 6.07. The molecule has 88 valence electrons. The van der Waals surface area contributed by atoms with Crippen LogP contribution < -0.4 is 9.47 Å². The maximum atomic E-state index is 5.88. The summed E-state index contributed by atoms with van der Waals surface area (Å²) in [6, 6.07) is 5.78. The van der Waals surface area contributed by atoms with Crippen molar-refractivity contribution in [2.75, 3.05) is 7.11 Å². The van der Waals surface area contributed by atoms with Crippen molar-refractivity contribution in [3.63, 3.8) is 0 Å². The topological polar surface area (TPSA) is 18.5 Å². The molecule has 0 N–H and O–H groups in total. The van der Waals surface area contributed by atoms with Gasteiger partial charge in [-0.15, -0.1) is 0 Å². The smallest absolute Gasteiger partial charge is 0.131 e. The molecule has 0 heterocycles. The number of hydrogen-bond donors (Lipinski definition) is 0. The van der Waals surface area contributed by atoms with Crippen LogP contribution >= 0.6 is 15.9 Å². The van der Waals surface area contributed by atoms with Gasteiger partial charge in [-0.05, 0) is 44.0 Å². The molecule has 0 spiro atoms. The summed E-state index contributed by atoms with van der Waals surface area (Å²) in [7, 11) is 1.65. The van der Waals surface area contributed by atoms with Gasteiger partial charge in [0.2, 0.25) is 0 Å². The molecule has 0 fully saturated rings. The molecule has 0 aliphatic rings. The molecule has 0 amide bonds. The highest BCUT2D eigenvalue weighted by Gasteiger charge is 2.14. The lowest BCUT2D eigenvalue weighted by Crippen LogP contribution is -2.23. The quantitative estimate of drug-likeness (QED) is 0.827. The first-order chi connectivity index (χ1) is 7.46. The normalized spacial score (nSPS) is 11.8. The summed E-state index contributed by atoms with van der Waals surface area (Å²) in [5, 5.41) is 0. The Bertz CT molecular complexity index is 378. The van der Waals surface area contributed by atoms with Gasteiger partial charge >= 0.3 is 0 Å². The van der Waals surface area contributed by atoms with Gasteiger partial charge in [-0.3, -0.25) is 0 Å². The van der Waals surface area contributed by atoms with Gasteiger partial charge in [0.05, 0.1) is 7.11 Å². The summed E-state index contributed by atoms with van der Waals surface area (Å²) >= 11 is 3.27. The first-order valence-electron chi connectivity index (χ1n) is 5.10. The Morgan fingerprint density at radius 1 is 1.25 bits per heavy atom. The monoisotopic (exact) mass is 284 g/mol. The number of hydrogen-bond acceptors (Lipinski definition) is 2. The molecule has 1 aromatic carbocycles. The number of rotatable bonds is 3. The molecule has 2 nitrogen and oxygen atoms in total. The maximum absolute atomic E-state index is 5.88. The van der Waals surface area contributed by atoms with Crippen LogP contribution in [0.4, 0.5) is 0 Å². The highest BCUT2D eigenvalue weighted by atomic mass is 79.9. The molecule has 0 aliphatic heterocycles. The van der Waals surface area contributed by atoms with Crippen LogP contribution in [-0.4, -0.2) is 12.7 Å². The zero-order chi connectivity index (χ0) is 12.2. The second kappa shape index (κ2) is 5.39. The fourth-order valence-corrected chi connectivity index (χ4v) is 1.55. The van der Waals surface area contributed by atoms with Gasteiger partial charge in [0.1, 0.15) is 17.1 Å². The van der Waals surface area contributed by atoms with Gasteiger partial charge in [0.25, 0.3) is 0 Å². The maximum Gasteiger partial charge on any atom is 0.131 e. The van der Waals surface area contributed by atoms with E-state index in [-0.39, 0.29) is 5.60 Å². The van der Waals surface area contributed by atoms with Crippen LogP contribution in [0.5, 0.6) is 11.5 Å². The van der Waals surface area contributed by atoms with Crippen molar-refractivity contribution in [2.24, 2.45) is 0 Å². The van der Waals surface area contributed by atoms with Crippen molar-refractivity contribution in [1.29, 1.82) is 0 Å². The summed E-state index contributed by atoms with van der Waals surface area (Å²) < 4.78 is 11.1. The van der Waals surface area contributed by atoms with E-state index in [9.17, 15) is 0 Å². The molecule has 16 heavy (non-hydrogen) atoms. The van der Waals surface area contributed by atoms with Crippen molar-refractivity contribution in [3.05, 3.63) is 28.7 Å². The minimum absolute atomic E-state index is 0.221. The molecule has 0 unspecified atom stereocenters. The van der Waals surface area contributed by atoms with E-state index in [1.807, 2.05) is 50.0 Å². The zero-order valence-electron chi connectivity index (χ0n) is 10.1. The molecule has 1 aromatic rings. The average Bonchev–Trinajstić information content (AvgIpc) is 2.18. The standard InChI is InChI=1S/C13H17BrO2/c1-13(2,3)16-12-9-11(15-4)6-5-10(12)7-8-14/h5-9H,1-4H3. The Morgan fingerprint density at radius 2 is 1.94 bits per heavy atom. The molecule has 1 rings (SSSR count). The number of methoxy groups -OCH3 is 1. The van der Waals surface area contributed by atoms with Crippen LogP contribution in [-0.2, 0) is 0 Å². The Balaban J connectivity index is 3.10. The Kier molecular flexibility index (Phi) is 4.42. The molecule has 0 atom stereocenters. The van der Waals surface area contributed by atoms with Crippen LogP contribution in [0.2, 0.25) is 0 Å². The average molecular weight is 285 g/mol. The third-order valence-corrected chi connectivity index (χ3v) is 2.14. The van der Waals surface area contributed by atoms with E-state index in [1.165, 1.54) is 0 Å². The third kappa shape index (κ3) is 3.89. The van der Waals surface area contributed by atoms with Gasteiger partial charge in [-0.1, -0.05) is 15.9 Å². The molecule has 0 aliphatic carbocycles. The Morgan fingerprint density at radius 3 is 2.44 bits per heavy atom. The van der Waals surface area contributed by atoms with E-state index in [0.29, 0.717) is 0 Å². The van der Waals surface area contributed by atoms with Crippen LogP contribution in [0.25, 0.3) is 6.08 Å². The largest absolute Gasteiger partial charge is 0.497 e. The molecular formula is C13H17BrO2. The van der Waals surface area contributed by atoms with Crippen LogP contribution in [0.15, 0.2) is 23.2 Å². The highest BCUT2D eigenvalue weighted by molar-refractivity contribution is 9.11. The van der Waals surface area contributed by atoms with Crippen LogP contribution in [0, 0.1) is 0 Å². The fourth-order valence-electron chi connectivity index (χ4n) is 1.27. The van der Waals surface area contributed by atoms with E-state index >= 15 is 0 Å². The second-order valence-electron chi connectivity index (χ2n) is 4.41. The fraction of sp³-hybridized carbons (Fsp3) is 0.385. The SMILES string of the molecule is COc1ccc(C=CBr)c(OC(C)(C)C)c1. The van der Waals surface area contributed by atoms with Gasteiger partial charge in [-0.2, -0.15) is 0 Å². The van der Waals surface area contributed by atoms with E-state index < -0.39 is 0 Å². The summed E-state index contributed by atoms with van der Waals surface area (Å²) in [5.41, 5.74) is 0.800. The molecule has 0 aromatic heterocycles. The Hall–Kier alpha value is -0.960. The van der Waals surface area contributed by atoms with E-state index in [0.717, 1.165) is 17.1 Å². The first-order valence-corrected chi connectivity index (χ1v) is 6.01. The van der Waals surface area contributed by atoms with E-state index in [1.54, 1.807) is 7.11 Å². The lowest BCUT2D eigenvalue weighted by molar-refractivity contribution is 0.130. The summed E-state index contributed by atoms with van der Waals surface area (Å²) in [6.07, 6.45) is 1.94. The lowest BCUT2D eigenvalue weighted by Gasteiger charge is -2.23. The summed E-state index contributed by atoms with van der Waals surface area (Å²) in [5.74, 6) is 1.62. The first kappa shape index (κ1) is 13.1. The summed E-state index contributed by atoms with van der Waals surface area (Å²) in [4.78, 5) is 1.81. The predicted octanol–water partition coefficient (Wildman–Crippen LogP) is 4.24. The molecule has 0 saturated carbocycles. The molecule has 0 saturated heterocycles. The highest BCUT2D eigenvalue weighted by Crippen LogP contribution is 2.29. The van der Waals surface area contributed by atoms with Crippen LogP contribution in [0.3, 0.4) is 0 Å². The minimum Gasteiger partial charge on any atom is -0.497 e. The van der Waals surface area contributed by atoms with Gasteiger partial charge < -0.3 is 9.47 Å². The van der Waals surface area contributed by atoms with Gasteiger partial charge in [-0.25, -0.2) is 0 Å². The lowest BCUT2D eigenvalue weighted by atomic mass is 10.1. The van der Waals surface area contributed by atoms with Crippen molar-refractivity contribution in [2.45, 2.75) is 26.4 Å². The van der Waals surface area contributed by atoms with Crippen molar-refractivity contribution >= 4 is 22.0 Å². The molecule has 0 radical (unpaired) electrons. The van der Waals surface area contributed by atoms with E-state index in [2.05, 4.69) is 15.9 Å². The van der Waals surface area contributed by atoms with Gasteiger partial charge in [0.15, 0.2) is 0 Å². The molecular weight excluding hydrogens is 268 g/mol. The van der Waals surface area contributed by atoms with Gasteiger partial charge in [0, 0.05) is 11.6 Å². The van der Waals surface area contributed by atoms with Crippen molar-refractivity contribution in [3.8, 4) is 11.5 Å². The predicted molar refractivity (Wildman–Crippen MR) is 71.3 cm³/mol. The minimum atomic E-state index is -0.221. The molecule has 3 heteroatoms. The van der Waals surface area contributed by atoms with Crippen LogP contribution in [0.1, 0.15) is 26.3 Å². The van der Waals surface area contributed by atoms with Crippen molar-refractivity contribution < 1.29 is 9.47 Å².